The molecule has 0 unspecified atom stereocenters. The summed E-state index contributed by atoms with van der Waals surface area (Å²) in [7, 11) is 0. The number of aromatic nitrogens is 1. The molecule has 1 aromatic carbocycles. The van der Waals surface area contributed by atoms with Gasteiger partial charge in [0.1, 0.15) is 0 Å². The highest BCUT2D eigenvalue weighted by molar-refractivity contribution is 7.13. The predicted octanol–water partition coefficient (Wildman–Crippen LogP) is 3.72. The first-order chi connectivity index (χ1) is 9.24. The summed E-state index contributed by atoms with van der Waals surface area (Å²) in [4.78, 5) is 6.95. The quantitative estimate of drug-likeness (QED) is 0.871. The minimum atomic E-state index is 0.846. The number of hydrogen-bond acceptors (Lipinski definition) is 4. The molecule has 19 heavy (non-hydrogen) atoms. The fraction of sp³-hybridized carbons (Fsp3) is 0.400. The van der Waals surface area contributed by atoms with E-state index < -0.39 is 0 Å². The smallest absolute Gasteiger partial charge is 0.190 e. The first-order valence-electron chi connectivity index (χ1n) is 6.74. The van der Waals surface area contributed by atoms with Gasteiger partial charge in [-0.05, 0) is 32.5 Å². The topological polar surface area (TPSA) is 28.2 Å². The van der Waals surface area contributed by atoms with Crippen molar-refractivity contribution in [2.24, 2.45) is 0 Å². The van der Waals surface area contributed by atoms with Crippen LogP contribution < -0.4 is 10.2 Å². The normalized spacial score (nSPS) is 10.7. The Labute approximate surface area is 119 Å². The molecule has 0 radical (unpaired) electrons. The van der Waals surface area contributed by atoms with Gasteiger partial charge < -0.3 is 10.2 Å². The standard InChI is InChI=1S/C15H21N3S/c1-4-16-10-13-11-19-15(17-13)18(5-2)14-8-6-12(3)7-9-14/h6-9,11,16H,4-5,10H2,1-3H3. The summed E-state index contributed by atoms with van der Waals surface area (Å²) >= 11 is 1.71. The maximum Gasteiger partial charge on any atom is 0.190 e. The van der Waals surface area contributed by atoms with Gasteiger partial charge in [-0.3, -0.25) is 0 Å². The summed E-state index contributed by atoms with van der Waals surface area (Å²) in [5.41, 5.74) is 3.61. The van der Waals surface area contributed by atoms with E-state index in [1.807, 2.05) is 0 Å². The van der Waals surface area contributed by atoms with Crippen molar-refractivity contribution < 1.29 is 0 Å². The van der Waals surface area contributed by atoms with Gasteiger partial charge >= 0.3 is 0 Å². The molecule has 0 saturated heterocycles. The molecular formula is C15H21N3S. The van der Waals surface area contributed by atoms with Gasteiger partial charge in [-0.15, -0.1) is 11.3 Å². The van der Waals surface area contributed by atoms with E-state index in [4.69, 9.17) is 4.98 Å². The molecule has 0 atom stereocenters. The maximum absolute atomic E-state index is 4.70. The van der Waals surface area contributed by atoms with Crippen molar-refractivity contribution in [2.45, 2.75) is 27.3 Å². The van der Waals surface area contributed by atoms with Crippen molar-refractivity contribution in [1.82, 2.24) is 10.3 Å². The molecule has 0 aliphatic carbocycles. The highest BCUT2D eigenvalue weighted by atomic mass is 32.1. The zero-order chi connectivity index (χ0) is 13.7. The van der Waals surface area contributed by atoms with Gasteiger partial charge in [0, 0.05) is 24.2 Å². The van der Waals surface area contributed by atoms with Crippen LogP contribution in [0.25, 0.3) is 0 Å². The first kappa shape index (κ1) is 14.0. The van der Waals surface area contributed by atoms with Gasteiger partial charge in [-0.1, -0.05) is 24.6 Å². The molecule has 0 spiro atoms. The van der Waals surface area contributed by atoms with E-state index in [-0.39, 0.29) is 0 Å². The van der Waals surface area contributed by atoms with E-state index in [9.17, 15) is 0 Å². The number of nitrogens with one attached hydrogen (secondary N) is 1. The van der Waals surface area contributed by atoms with Crippen LogP contribution in [0.5, 0.6) is 0 Å². The largest absolute Gasteiger partial charge is 0.318 e. The van der Waals surface area contributed by atoms with Crippen LogP contribution in [-0.4, -0.2) is 18.1 Å². The predicted molar refractivity (Wildman–Crippen MR) is 83.4 cm³/mol. The van der Waals surface area contributed by atoms with Crippen LogP contribution in [0.2, 0.25) is 0 Å². The van der Waals surface area contributed by atoms with Crippen LogP contribution in [-0.2, 0) is 6.54 Å². The lowest BCUT2D eigenvalue weighted by Crippen LogP contribution is -2.16. The first-order valence-corrected chi connectivity index (χ1v) is 7.62. The Morgan fingerprint density at radius 2 is 1.95 bits per heavy atom. The summed E-state index contributed by atoms with van der Waals surface area (Å²) in [6.07, 6.45) is 0. The van der Waals surface area contributed by atoms with E-state index in [0.717, 1.165) is 30.5 Å². The number of anilines is 2. The van der Waals surface area contributed by atoms with Crippen molar-refractivity contribution in [1.29, 1.82) is 0 Å². The molecule has 2 rings (SSSR count). The van der Waals surface area contributed by atoms with E-state index in [1.165, 1.54) is 11.3 Å². The lowest BCUT2D eigenvalue weighted by atomic mass is 10.2. The Hall–Kier alpha value is -1.39. The van der Waals surface area contributed by atoms with Crippen molar-refractivity contribution in [3.8, 4) is 0 Å². The Kier molecular flexibility index (Phi) is 4.93. The van der Waals surface area contributed by atoms with Crippen LogP contribution in [0.4, 0.5) is 10.8 Å². The second-order valence-corrected chi connectivity index (χ2v) is 5.32. The minimum Gasteiger partial charge on any atom is -0.318 e. The number of thiazole rings is 1. The van der Waals surface area contributed by atoms with Crippen molar-refractivity contribution in [3.05, 3.63) is 40.9 Å². The minimum absolute atomic E-state index is 0.846. The van der Waals surface area contributed by atoms with Gasteiger partial charge in [-0.25, -0.2) is 4.98 Å². The Morgan fingerprint density at radius 1 is 1.21 bits per heavy atom. The Balaban J connectivity index is 2.17. The van der Waals surface area contributed by atoms with Crippen molar-refractivity contribution in [2.75, 3.05) is 18.0 Å². The van der Waals surface area contributed by atoms with Crippen LogP contribution in [0.15, 0.2) is 29.6 Å². The number of benzene rings is 1. The molecule has 102 valence electrons. The number of rotatable bonds is 6. The second kappa shape index (κ2) is 6.68. The van der Waals surface area contributed by atoms with Crippen LogP contribution in [0.3, 0.4) is 0 Å². The highest BCUT2D eigenvalue weighted by Crippen LogP contribution is 2.28. The monoisotopic (exact) mass is 275 g/mol. The van der Waals surface area contributed by atoms with Gasteiger partial charge in [0.05, 0.1) is 5.69 Å². The lowest BCUT2D eigenvalue weighted by Gasteiger charge is -2.20. The molecule has 0 bridgehead atoms. The molecule has 0 saturated carbocycles. The Bertz CT molecular complexity index is 504. The molecular weight excluding hydrogens is 254 g/mol. The third-order valence-corrected chi connectivity index (χ3v) is 3.90. The number of aryl methyl sites for hydroxylation is 1. The van der Waals surface area contributed by atoms with Gasteiger partial charge in [0.25, 0.3) is 0 Å². The van der Waals surface area contributed by atoms with E-state index in [1.54, 1.807) is 11.3 Å². The van der Waals surface area contributed by atoms with Crippen LogP contribution >= 0.6 is 11.3 Å². The third-order valence-electron chi connectivity index (χ3n) is 2.99. The van der Waals surface area contributed by atoms with Crippen molar-refractivity contribution >= 4 is 22.2 Å². The molecule has 0 fully saturated rings. The third kappa shape index (κ3) is 3.55. The SMILES string of the molecule is CCNCc1csc(N(CC)c2ccc(C)cc2)n1. The zero-order valence-corrected chi connectivity index (χ0v) is 12.6. The molecule has 2 aromatic rings. The van der Waals surface area contributed by atoms with E-state index >= 15 is 0 Å². The molecule has 1 aromatic heterocycles. The zero-order valence-electron chi connectivity index (χ0n) is 11.8. The molecule has 0 aliphatic heterocycles. The second-order valence-electron chi connectivity index (χ2n) is 4.48. The van der Waals surface area contributed by atoms with Gasteiger partial charge in [0.15, 0.2) is 5.13 Å². The average molecular weight is 275 g/mol. The summed E-state index contributed by atoms with van der Waals surface area (Å²) in [5.74, 6) is 0. The van der Waals surface area contributed by atoms with Crippen LogP contribution in [0.1, 0.15) is 25.1 Å². The van der Waals surface area contributed by atoms with E-state index in [0.29, 0.717) is 0 Å². The number of hydrogen-bond donors (Lipinski definition) is 1. The number of nitrogens with zero attached hydrogens (tertiary/aromatic N) is 2. The molecule has 4 heteroatoms. The summed E-state index contributed by atoms with van der Waals surface area (Å²) < 4.78 is 0. The summed E-state index contributed by atoms with van der Waals surface area (Å²) in [5, 5.41) is 6.51. The lowest BCUT2D eigenvalue weighted by molar-refractivity contribution is 0.714. The Morgan fingerprint density at radius 3 is 2.58 bits per heavy atom. The van der Waals surface area contributed by atoms with Gasteiger partial charge in [0.2, 0.25) is 0 Å². The summed E-state index contributed by atoms with van der Waals surface area (Å²) in [6.45, 7) is 9.12. The molecule has 1 N–H and O–H groups in total. The van der Waals surface area contributed by atoms with Gasteiger partial charge in [-0.2, -0.15) is 0 Å². The highest BCUT2D eigenvalue weighted by Gasteiger charge is 2.11. The maximum atomic E-state index is 4.70. The van der Waals surface area contributed by atoms with Crippen molar-refractivity contribution in [3.63, 3.8) is 0 Å². The van der Waals surface area contributed by atoms with E-state index in [2.05, 4.69) is 60.6 Å². The van der Waals surface area contributed by atoms with Crippen LogP contribution in [0, 0.1) is 6.92 Å². The molecule has 0 aliphatic rings. The fourth-order valence-electron chi connectivity index (χ4n) is 1.91. The molecule has 3 nitrogen and oxygen atoms in total. The molecule has 1 heterocycles. The fourth-order valence-corrected chi connectivity index (χ4v) is 2.82. The average Bonchev–Trinajstić information content (AvgIpc) is 2.88. The summed E-state index contributed by atoms with van der Waals surface area (Å²) in [6, 6.07) is 8.60. The molecule has 0 amide bonds.